The van der Waals surface area contributed by atoms with Crippen LogP contribution in [0.2, 0.25) is 0 Å². The van der Waals surface area contributed by atoms with Crippen molar-refractivity contribution in [3.05, 3.63) is 60.8 Å². The summed E-state index contributed by atoms with van der Waals surface area (Å²) >= 11 is 1.61. The summed E-state index contributed by atoms with van der Waals surface area (Å²) in [7, 11) is 0. The van der Waals surface area contributed by atoms with Crippen LogP contribution in [0, 0.1) is 0 Å². The molecule has 0 radical (unpaired) electrons. The molecule has 0 bridgehead atoms. The van der Waals surface area contributed by atoms with Crippen molar-refractivity contribution in [2.75, 3.05) is 37.6 Å². The van der Waals surface area contributed by atoms with Crippen molar-refractivity contribution >= 4 is 38.3 Å². The Morgan fingerprint density at radius 1 is 0.852 bits per heavy atom. The standard InChI is InChI=1S/C22H24N4S/c1-3-8-20-18(6-1)10-13-25(20)12-5-11-24-14-16-26(17-15-24)22-19-7-2-4-9-21(19)27-23-22/h1-4,6-10,13H,5,11-12,14-17H2. The van der Waals surface area contributed by atoms with Gasteiger partial charge in [-0.25, -0.2) is 0 Å². The number of nitrogens with zero attached hydrogens (tertiary/aromatic N) is 4. The van der Waals surface area contributed by atoms with E-state index in [0.29, 0.717) is 0 Å². The maximum Gasteiger partial charge on any atom is 0.150 e. The van der Waals surface area contributed by atoms with Crippen LogP contribution in [0.3, 0.4) is 0 Å². The van der Waals surface area contributed by atoms with Crippen molar-refractivity contribution < 1.29 is 0 Å². The van der Waals surface area contributed by atoms with Gasteiger partial charge in [0.15, 0.2) is 0 Å². The number of fused-ring (bicyclic) bond motifs is 2. The van der Waals surface area contributed by atoms with Gasteiger partial charge in [0, 0.05) is 49.8 Å². The summed E-state index contributed by atoms with van der Waals surface area (Å²) in [5.41, 5.74) is 1.35. The first-order valence-electron chi connectivity index (χ1n) is 9.74. The number of hydrogen-bond donors (Lipinski definition) is 0. The molecule has 0 spiro atoms. The molecule has 0 amide bonds. The highest BCUT2D eigenvalue weighted by Crippen LogP contribution is 2.29. The molecule has 5 heteroatoms. The molecule has 138 valence electrons. The van der Waals surface area contributed by atoms with Crippen LogP contribution in [0.5, 0.6) is 0 Å². The van der Waals surface area contributed by atoms with Crippen LogP contribution < -0.4 is 4.90 Å². The zero-order chi connectivity index (χ0) is 18.1. The summed E-state index contributed by atoms with van der Waals surface area (Å²) in [5, 5.41) is 2.64. The normalized spacial score (nSPS) is 15.8. The molecule has 1 fully saturated rings. The molecule has 27 heavy (non-hydrogen) atoms. The van der Waals surface area contributed by atoms with Crippen LogP contribution in [0.15, 0.2) is 60.8 Å². The van der Waals surface area contributed by atoms with Crippen molar-refractivity contribution in [1.82, 2.24) is 13.8 Å². The van der Waals surface area contributed by atoms with Gasteiger partial charge in [-0.05, 0) is 54.1 Å². The number of anilines is 1. The number of benzene rings is 2. The molecule has 1 saturated heterocycles. The van der Waals surface area contributed by atoms with E-state index in [-0.39, 0.29) is 0 Å². The Morgan fingerprint density at radius 3 is 2.59 bits per heavy atom. The lowest BCUT2D eigenvalue weighted by atomic mass is 10.2. The SMILES string of the molecule is c1ccc2c(c1)ccn2CCCN1CCN(c2nsc3ccccc23)CC1. The predicted octanol–water partition coefficient (Wildman–Crippen LogP) is 4.46. The number of para-hydroxylation sites is 1. The minimum absolute atomic E-state index is 1.07. The van der Waals surface area contributed by atoms with Crippen LogP contribution in [0.1, 0.15) is 6.42 Å². The fourth-order valence-corrected chi connectivity index (χ4v) is 4.88. The molecule has 0 unspecified atom stereocenters. The molecule has 0 aliphatic carbocycles. The Bertz CT molecular complexity index is 1040. The Kier molecular flexibility index (Phi) is 4.56. The average Bonchev–Trinajstić information content (AvgIpc) is 3.33. The minimum Gasteiger partial charge on any atom is -0.353 e. The zero-order valence-corrected chi connectivity index (χ0v) is 16.2. The van der Waals surface area contributed by atoms with Crippen LogP contribution in [-0.2, 0) is 6.54 Å². The lowest BCUT2D eigenvalue weighted by Gasteiger charge is -2.35. The van der Waals surface area contributed by atoms with Crippen molar-refractivity contribution in [3.63, 3.8) is 0 Å². The van der Waals surface area contributed by atoms with E-state index in [1.165, 1.54) is 33.2 Å². The Labute approximate surface area is 163 Å². The van der Waals surface area contributed by atoms with E-state index in [1.54, 1.807) is 11.5 Å². The van der Waals surface area contributed by atoms with Gasteiger partial charge in [0.25, 0.3) is 0 Å². The summed E-state index contributed by atoms with van der Waals surface area (Å²) in [4.78, 5) is 5.05. The molecule has 1 aliphatic heterocycles. The second kappa shape index (κ2) is 7.33. The minimum atomic E-state index is 1.07. The second-order valence-electron chi connectivity index (χ2n) is 7.25. The van der Waals surface area contributed by atoms with Crippen molar-refractivity contribution in [2.45, 2.75) is 13.0 Å². The summed E-state index contributed by atoms with van der Waals surface area (Å²) in [6, 6.07) is 19.4. The fraction of sp³-hybridized carbons (Fsp3) is 0.318. The Morgan fingerprint density at radius 2 is 1.67 bits per heavy atom. The first-order valence-corrected chi connectivity index (χ1v) is 10.5. The van der Waals surface area contributed by atoms with E-state index < -0.39 is 0 Å². The lowest BCUT2D eigenvalue weighted by molar-refractivity contribution is 0.250. The molecule has 1 aliphatic rings. The molecule has 0 atom stereocenters. The fourth-order valence-electron chi connectivity index (χ4n) is 4.08. The largest absolute Gasteiger partial charge is 0.353 e. The first-order chi connectivity index (χ1) is 13.4. The van der Waals surface area contributed by atoms with Crippen molar-refractivity contribution in [2.24, 2.45) is 0 Å². The monoisotopic (exact) mass is 376 g/mol. The van der Waals surface area contributed by atoms with E-state index in [9.17, 15) is 0 Å². The first kappa shape index (κ1) is 16.8. The highest BCUT2D eigenvalue weighted by atomic mass is 32.1. The Hall–Kier alpha value is -2.37. The molecule has 4 nitrogen and oxygen atoms in total. The summed E-state index contributed by atoms with van der Waals surface area (Å²) in [5.74, 6) is 1.18. The highest BCUT2D eigenvalue weighted by Gasteiger charge is 2.20. The van der Waals surface area contributed by atoms with E-state index in [1.807, 2.05) is 0 Å². The third-order valence-electron chi connectivity index (χ3n) is 5.58. The van der Waals surface area contributed by atoms with Gasteiger partial charge < -0.3 is 9.47 Å². The molecular weight excluding hydrogens is 352 g/mol. The van der Waals surface area contributed by atoms with E-state index in [4.69, 9.17) is 4.37 Å². The van der Waals surface area contributed by atoms with Crippen LogP contribution >= 0.6 is 11.5 Å². The summed E-state index contributed by atoms with van der Waals surface area (Å²) in [6.07, 6.45) is 3.41. The third-order valence-corrected chi connectivity index (χ3v) is 6.40. The summed E-state index contributed by atoms with van der Waals surface area (Å²) in [6.45, 7) is 6.64. The maximum atomic E-state index is 4.71. The van der Waals surface area contributed by atoms with Gasteiger partial charge in [-0.3, -0.25) is 4.90 Å². The van der Waals surface area contributed by atoms with Crippen LogP contribution in [0.25, 0.3) is 21.0 Å². The number of hydrogen-bond acceptors (Lipinski definition) is 4. The van der Waals surface area contributed by atoms with Gasteiger partial charge in [-0.1, -0.05) is 30.3 Å². The molecule has 2 aromatic carbocycles. The molecular formula is C22H24N4S. The van der Waals surface area contributed by atoms with E-state index in [2.05, 4.69) is 75.2 Å². The van der Waals surface area contributed by atoms with Gasteiger partial charge in [0.2, 0.25) is 0 Å². The van der Waals surface area contributed by atoms with E-state index >= 15 is 0 Å². The average molecular weight is 377 g/mol. The molecule has 2 aromatic heterocycles. The van der Waals surface area contributed by atoms with Crippen molar-refractivity contribution in [3.8, 4) is 0 Å². The summed E-state index contributed by atoms with van der Waals surface area (Å²) < 4.78 is 8.38. The quantitative estimate of drug-likeness (QED) is 0.514. The van der Waals surface area contributed by atoms with Crippen LogP contribution in [0.4, 0.5) is 5.82 Å². The van der Waals surface area contributed by atoms with E-state index in [0.717, 1.165) is 39.3 Å². The van der Waals surface area contributed by atoms with Gasteiger partial charge in [-0.2, -0.15) is 4.37 Å². The van der Waals surface area contributed by atoms with Gasteiger partial charge in [0.05, 0.1) is 4.70 Å². The second-order valence-corrected chi connectivity index (χ2v) is 8.06. The molecule has 5 rings (SSSR count). The third kappa shape index (κ3) is 3.33. The van der Waals surface area contributed by atoms with Crippen LogP contribution in [-0.4, -0.2) is 46.6 Å². The number of aryl methyl sites for hydroxylation is 1. The zero-order valence-electron chi connectivity index (χ0n) is 15.4. The highest BCUT2D eigenvalue weighted by molar-refractivity contribution is 7.13. The Balaban J connectivity index is 1.15. The van der Waals surface area contributed by atoms with Gasteiger partial charge >= 0.3 is 0 Å². The topological polar surface area (TPSA) is 24.3 Å². The maximum absolute atomic E-state index is 4.71. The number of rotatable bonds is 5. The van der Waals surface area contributed by atoms with Crippen molar-refractivity contribution in [1.29, 1.82) is 0 Å². The molecule has 0 N–H and O–H groups in total. The molecule has 0 saturated carbocycles. The number of aromatic nitrogens is 2. The smallest absolute Gasteiger partial charge is 0.150 e. The predicted molar refractivity (Wildman–Crippen MR) is 115 cm³/mol. The van der Waals surface area contributed by atoms with Gasteiger partial charge in [-0.15, -0.1) is 0 Å². The molecule has 3 heterocycles. The molecule has 4 aromatic rings. The number of piperazine rings is 1. The lowest BCUT2D eigenvalue weighted by Crippen LogP contribution is -2.46. The van der Waals surface area contributed by atoms with Gasteiger partial charge in [0.1, 0.15) is 5.82 Å².